The number of carbonyl (C=O) groups excluding carboxylic acids is 1. The molecule has 2 aromatic carbocycles. The van der Waals surface area contributed by atoms with Gasteiger partial charge >= 0.3 is 0 Å². The number of hydrogen-bond acceptors (Lipinski definition) is 2. The molecule has 2 N–H and O–H groups in total. The highest BCUT2D eigenvalue weighted by Gasteiger charge is 2.07. The number of anilines is 1. The number of aryl methyl sites for hydroxylation is 1. The Morgan fingerprint density at radius 3 is 2.29 bits per heavy atom. The van der Waals surface area contributed by atoms with E-state index in [2.05, 4.69) is 17.6 Å². The summed E-state index contributed by atoms with van der Waals surface area (Å²) in [6, 6.07) is 14.5. The van der Waals surface area contributed by atoms with Crippen molar-refractivity contribution in [2.75, 3.05) is 5.32 Å². The van der Waals surface area contributed by atoms with E-state index >= 15 is 0 Å². The molecule has 0 saturated carbocycles. The highest BCUT2D eigenvalue weighted by molar-refractivity contribution is 7.80. The monoisotopic (exact) mass is 318 g/mol. The van der Waals surface area contributed by atoms with Gasteiger partial charge in [0.25, 0.3) is 5.91 Å². The van der Waals surface area contributed by atoms with Gasteiger partial charge in [-0.1, -0.05) is 30.7 Å². The molecule has 21 heavy (non-hydrogen) atoms. The van der Waals surface area contributed by atoms with Crippen LogP contribution in [0, 0.1) is 0 Å². The van der Waals surface area contributed by atoms with E-state index in [9.17, 15) is 4.79 Å². The number of hydrogen-bond donors (Lipinski definition) is 2. The minimum atomic E-state index is -0.232. The van der Waals surface area contributed by atoms with Crippen molar-refractivity contribution in [1.82, 2.24) is 5.32 Å². The van der Waals surface area contributed by atoms with E-state index in [1.807, 2.05) is 12.1 Å². The second kappa shape index (κ2) is 7.20. The molecule has 0 spiro atoms. The van der Waals surface area contributed by atoms with Gasteiger partial charge in [0.2, 0.25) is 0 Å². The van der Waals surface area contributed by atoms with Gasteiger partial charge in [-0.05, 0) is 60.6 Å². The predicted molar refractivity (Wildman–Crippen MR) is 91.0 cm³/mol. The van der Waals surface area contributed by atoms with Gasteiger partial charge in [0.05, 0.1) is 0 Å². The van der Waals surface area contributed by atoms with Crippen molar-refractivity contribution in [3.63, 3.8) is 0 Å². The molecule has 2 aromatic rings. The maximum atomic E-state index is 12.0. The topological polar surface area (TPSA) is 41.1 Å². The summed E-state index contributed by atoms with van der Waals surface area (Å²) in [5, 5.41) is 6.48. The molecule has 0 aliphatic rings. The summed E-state index contributed by atoms with van der Waals surface area (Å²) in [5.74, 6) is -0.232. The number of thiocarbonyl (C=S) groups is 1. The van der Waals surface area contributed by atoms with Crippen LogP contribution in [-0.4, -0.2) is 11.0 Å². The Morgan fingerprint density at radius 2 is 1.71 bits per heavy atom. The lowest BCUT2D eigenvalue weighted by Gasteiger charge is -2.10. The molecule has 0 aliphatic carbocycles. The molecule has 0 saturated heterocycles. The number of nitrogens with one attached hydrogen (secondary N) is 2. The first kappa shape index (κ1) is 15.5. The minimum Gasteiger partial charge on any atom is -0.332 e. The molecule has 3 nitrogen and oxygen atoms in total. The maximum absolute atomic E-state index is 12.0. The SMILES string of the molecule is CCc1ccc(C(=O)NC(=S)Nc2ccc(Cl)cc2)cc1. The lowest BCUT2D eigenvalue weighted by atomic mass is 10.1. The Bertz CT molecular complexity index is 638. The Kier molecular flexibility index (Phi) is 5.31. The maximum Gasteiger partial charge on any atom is 0.257 e. The standard InChI is InChI=1S/C16H15ClN2OS/c1-2-11-3-5-12(6-4-11)15(20)19-16(21)18-14-9-7-13(17)8-10-14/h3-10H,2H2,1H3,(H2,18,19,20,21). The number of rotatable bonds is 3. The second-order valence-electron chi connectivity index (χ2n) is 4.47. The van der Waals surface area contributed by atoms with Crippen LogP contribution < -0.4 is 10.6 Å². The van der Waals surface area contributed by atoms with E-state index < -0.39 is 0 Å². The smallest absolute Gasteiger partial charge is 0.257 e. The quantitative estimate of drug-likeness (QED) is 0.840. The normalized spacial score (nSPS) is 10.0. The summed E-state index contributed by atoms with van der Waals surface area (Å²) in [4.78, 5) is 12.0. The van der Waals surface area contributed by atoms with Crippen molar-refractivity contribution in [3.8, 4) is 0 Å². The average Bonchev–Trinajstić information content (AvgIpc) is 2.49. The van der Waals surface area contributed by atoms with E-state index in [1.165, 1.54) is 5.56 Å². The van der Waals surface area contributed by atoms with Crippen molar-refractivity contribution in [1.29, 1.82) is 0 Å². The Morgan fingerprint density at radius 1 is 1.10 bits per heavy atom. The molecule has 0 aromatic heterocycles. The molecule has 0 aliphatic heterocycles. The van der Waals surface area contributed by atoms with Gasteiger partial charge in [0, 0.05) is 16.3 Å². The van der Waals surface area contributed by atoms with E-state index in [0.29, 0.717) is 10.6 Å². The van der Waals surface area contributed by atoms with Gasteiger partial charge in [-0.15, -0.1) is 0 Å². The lowest BCUT2D eigenvalue weighted by molar-refractivity contribution is 0.0977. The average molecular weight is 319 g/mol. The number of carbonyl (C=O) groups is 1. The fourth-order valence-corrected chi connectivity index (χ4v) is 2.10. The third-order valence-corrected chi connectivity index (χ3v) is 3.41. The van der Waals surface area contributed by atoms with Gasteiger partial charge in [0.15, 0.2) is 5.11 Å². The highest BCUT2D eigenvalue weighted by atomic mass is 35.5. The number of amides is 1. The van der Waals surface area contributed by atoms with Crippen LogP contribution in [0.1, 0.15) is 22.8 Å². The zero-order valence-electron chi connectivity index (χ0n) is 11.5. The van der Waals surface area contributed by atoms with E-state index in [-0.39, 0.29) is 11.0 Å². The van der Waals surface area contributed by atoms with Crippen LogP contribution in [0.2, 0.25) is 5.02 Å². The lowest BCUT2D eigenvalue weighted by Crippen LogP contribution is -2.34. The van der Waals surface area contributed by atoms with Crippen molar-refractivity contribution in [2.45, 2.75) is 13.3 Å². The minimum absolute atomic E-state index is 0.232. The van der Waals surface area contributed by atoms with Gasteiger partial charge < -0.3 is 5.32 Å². The van der Waals surface area contributed by atoms with Crippen LogP contribution >= 0.6 is 23.8 Å². The summed E-state index contributed by atoms with van der Waals surface area (Å²) in [5.41, 5.74) is 2.53. The van der Waals surface area contributed by atoms with Crippen molar-refractivity contribution in [2.24, 2.45) is 0 Å². The molecular formula is C16H15ClN2OS. The zero-order chi connectivity index (χ0) is 15.2. The molecule has 0 atom stereocenters. The summed E-state index contributed by atoms with van der Waals surface area (Å²) >= 11 is 10.9. The first-order valence-electron chi connectivity index (χ1n) is 6.55. The van der Waals surface area contributed by atoms with Gasteiger partial charge in [-0.3, -0.25) is 10.1 Å². The summed E-state index contributed by atoms with van der Waals surface area (Å²) in [6.45, 7) is 2.07. The van der Waals surface area contributed by atoms with Crippen molar-refractivity contribution >= 4 is 40.5 Å². The number of halogens is 1. The Balaban J connectivity index is 1.95. The summed E-state index contributed by atoms with van der Waals surface area (Å²) < 4.78 is 0. The van der Waals surface area contributed by atoms with Crippen LogP contribution in [0.25, 0.3) is 0 Å². The highest BCUT2D eigenvalue weighted by Crippen LogP contribution is 2.13. The molecule has 0 radical (unpaired) electrons. The summed E-state index contributed by atoms with van der Waals surface area (Å²) in [7, 11) is 0. The Labute approximate surface area is 134 Å². The zero-order valence-corrected chi connectivity index (χ0v) is 13.1. The molecule has 5 heteroatoms. The van der Waals surface area contributed by atoms with Crippen LogP contribution in [0.4, 0.5) is 5.69 Å². The Hall–Kier alpha value is -1.91. The third kappa shape index (κ3) is 4.55. The van der Waals surface area contributed by atoms with Gasteiger partial charge in [0.1, 0.15) is 0 Å². The number of benzene rings is 2. The van der Waals surface area contributed by atoms with Gasteiger partial charge in [-0.25, -0.2) is 0 Å². The molecular weight excluding hydrogens is 304 g/mol. The van der Waals surface area contributed by atoms with Gasteiger partial charge in [-0.2, -0.15) is 0 Å². The molecule has 0 unspecified atom stereocenters. The van der Waals surface area contributed by atoms with Crippen LogP contribution in [0.3, 0.4) is 0 Å². The summed E-state index contributed by atoms with van der Waals surface area (Å²) in [6.07, 6.45) is 0.943. The van der Waals surface area contributed by atoms with E-state index in [4.69, 9.17) is 23.8 Å². The first-order chi connectivity index (χ1) is 10.1. The fourth-order valence-electron chi connectivity index (χ4n) is 1.76. The van der Waals surface area contributed by atoms with Crippen LogP contribution in [0.15, 0.2) is 48.5 Å². The van der Waals surface area contributed by atoms with Crippen LogP contribution in [-0.2, 0) is 6.42 Å². The largest absolute Gasteiger partial charge is 0.332 e. The molecule has 0 heterocycles. The second-order valence-corrected chi connectivity index (χ2v) is 5.31. The molecule has 0 fully saturated rings. The van der Waals surface area contributed by atoms with E-state index in [1.54, 1.807) is 36.4 Å². The molecule has 1 amide bonds. The molecule has 108 valence electrons. The van der Waals surface area contributed by atoms with Crippen molar-refractivity contribution in [3.05, 3.63) is 64.7 Å². The molecule has 2 rings (SSSR count). The molecule has 0 bridgehead atoms. The van der Waals surface area contributed by atoms with Crippen LogP contribution in [0.5, 0.6) is 0 Å². The van der Waals surface area contributed by atoms with E-state index in [0.717, 1.165) is 12.1 Å². The predicted octanol–water partition coefficient (Wildman–Crippen LogP) is 4.03. The van der Waals surface area contributed by atoms with Crippen molar-refractivity contribution < 1.29 is 4.79 Å². The fraction of sp³-hybridized carbons (Fsp3) is 0.125. The first-order valence-corrected chi connectivity index (χ1v) is 7.34. The third-order valence-electron chi connectivity index (χ3n) is 2.95.